The number of hydrogen-bond acceptors (Lipinski definition) is 2. The van der Waals surface area contributed by atoms with E-state index in [0.29, 0.717) is 12.3 Å². The van der Waals surface area contributed by atoms with Crippen LogP contribution in [-0.4, -0.2) is 10.9 Å². The van der Waals surface area contributed by atoms with Gasteiger partial charge in [-0.25, -0.2) is 0 Å². The summed E-state index contributed by atoms with van der Waals surface area (Å²) in [6.07, 6.45) is 4.27. The molecule has 10 heavy (non-hydrogen) atoms. The highest BCUT2D eigenvalue weighted by Crippen LogP contribution is 2.22. The molecule has 0 heterocycles. The van der Waals surface area contributed by atoms with E-state index in [1.807, 2.05) is 0 Å². The fourth-order valence-electron chi connectivity index (χ4n) is 1.27. The van der Waals surface area contributed by atoms with E-state index in [0.717, 1.165) is 12.8 Å². The number of aliphatic hydroxyl groups is 1. The number of carbonyl (C=O) groups excluding carboxylic acids is 1. The van der Waals surface area contributed by atoms with E-state index in [4.69, 9.17) is 5.11 Å². The zero-order chi connectivity index (χ0) is 7.56. The maximum absolute atomic E-state index is 10.7. The van der Waals surface area contributed by atoms with Gasteiger partial charge < -0.3 is 5.11 Å². The van der Waals surface area contributed by atoms with Crippen molar-refractivity contribution >= 4 is 5.78 Å². The number of ketones is 1. The van der Waals surface area contributed by atoms with Gasteiger partial charge in [0, 0.05) is 6.42 Å². The van der Waals surface area contributed by atoms with Crippen LogP contribution in [0.3, 0.4) is 0 Å². The van der Waals surface area contributed by atoms with Crippen LogP contribution in [-0.2, 0) is 4.79 Å². The minimum Gasteiger partial charge on any atom is -0.505 e. The lowest BCUT2D eigenvalue weighted by Crippen LogP contribution is -1.97. The Kier molecular flexibility index (Phi) is 2.10. The zero-order valence-corrected chi connectivity index (χ0v) is 6.13. The van der Waals surface area contributed by atoms with Crippen LogP contribution in [0.1, 0.15) is 26.2 Å². The molecule has 0 radical (unpaired) electrons. The van der Waals surface area contributed by atoms with Gasteiger partial charge in [0.15, 0.2) is 11.5 Å². The summed E-state index contributed by atoms with van der Waals surface area (Å²) >= 11 is 0. The van der Waals surface area contributed by atoms with Gasteiger partial charge in [-0.1, -0.05) is 13.3 Å². The summed E-state index contributed by atoms with van der Waals surface area (Å²) in [5.74, 6) is 0.175. The van der Waals surface area contributed by atoms with Crippen LogP contribution in [0.25, 0.3) is 0 Å². The number of Topliss-reactive ketones (excluding diaryl/α,β-unsaturated/α-hetero) is 1. The molecule has 1 N–H and O–H groups in total. The smallest absolute Gasteiger partial charge is 0.197 e. The van der Waals surface area contributed by atoms with Crippen molar-refractivity contribution in [2.75, 3.05) is 0 Å². The quantitative estimate of drug-likeness (QED) is 0.635. The van der Waals surface area contributed by atoms with Gasteiger partial charge in [-0.3, -0.25) is 4.79 Å². The van der Waals surface area contributed by atoms with E-state index >= 15 is 0 Å². The second-order valence-electron chi connectivity index (χ2n) is 2.73. The molecule has 56 valence electrons. The Morgan fingerprint density at radius 1 is 1.80 bits per heavy atom. The Hall–Kier alpha value is -0.790. The summed E-state index contributed by atoms with van der Waals surface area (Å²) in [7, 11) is 0. The molecule has 1 rings (SSSR count). The molecule has 0 aromatic carbocycles. The van der Waals surface area contributed by atoms with Crippen LogP contribution in [0.2, 0.25) is 0 Å². The summed E-state index contributed by atoms with van der Waals surface area (Å²) in [4.78, 5) is 10.7. The lowest BCUT2D eigenvalue weighted by atomic mass is 10.0. The van der Waals surface area contributed by atoms with Gasteiger partial charge in [0.05, 0.1) is 0 Å². The molecule has 0 saturated heterocycles. The van der Waals surface area contributed by atoms with Gasteiger partial charge in [0.25, 0.3) is 0 Å². The van der Waals surface area contributed by atoms with Crippen molar-refractivity contribution in [3.63, 3.8) is 0 Å². The summed E-state index contributed by atoms with van der Waals surface area (Å²) in [5, 5.41) is 8.91. The molecule has 0 aromatic heterocycles. The average Bonchev–Trinajstić information content (AvgIpc) is 2.14. The Balaban J connectivity index is 2.48. The number of aliphatic hydroxyl groups excluding tert-OH is 1. The van der Waals surface area contributed by atoms with E-state index in [-0.39, 0.29) is 11.5 Å². The monoisotopic (exact) mass is 140 g/mol. The molecule has 1 aliphatic carbocycles. The molecule has 2 heteroatoms. The van der Waals surface area contributed by atoms with Crippen molar-refractivity contribution in [1.82, 2.24) is 0 Å². The third-order valence-electron chi connectivity index (χ3n) is 1.79. The van der Waals surface area contributed by atoms with Crippen LogP contribution < -0.4 is 0 Å². The van der Waals surface area contributed by atoms with Crippen molar-refractivity contribution in [3.05, 3.63) is 11.8 Å². The second kappa shape index (κ2) is 2.86. The molecule has 0 fully saturated rings. The number of hydrogen-bond donors (Lipinski definition) is 1. The first kappa shape index (κ1) is 7.32. The minimum absolute atomic E-state index is 0.0292. The highest BCUT2D eigenvalue weighted by molar-refractivity contribution is 5.95. The fourth-order valence-corrected chi connectivity index (χ4v) is 1.27. The van der Waals surface area contributed by atoms with Crippen LogP contribution >= 0.6 is 0 Å². The number of allylic oxidation sites excluding steroid dienone is 2. The third-order valence-corrected chi connectivity index (χ3v) is 1.79. The number of carbonyl (C=O) groups is 1. The molecule has 0 spiro atoms. The summed E-state index contributed by atoms with van der Waals surface area (Å²) in [6, 6.07) is 0. The summed E-state index contributed by atoms with van der Waals surface area (Å²) < 4.78 is 0. The maximum Gasteiger partial charge on any atom is 0.197 e. The Morgan fingerprint density at radius 2 is 2.50 bits per heavy atom. The molecule has 0 aliphatic heterocycles. The molecule has 2 nitrogen and oxygen atoms in total. The Morgan fingerprint density at radius 3 is 2.90 bits per heavy atom. The van der Waals surface area contributed by atoms with Crippen molar-refractivity contribution in [1.29, 1.82) is 0 Å². The van der Waals surface area contributed by atoms with Gasteiger partial charge in [-0.2, -0.15) is 0 Å². The zero-order valence-electron chi connectivity index (χ0n) is 6.13. The highest BCUT2D eigenvalue weighted by atomic mass is 16.3. The van der Waals surface area contributed by atoms with Crippen LogP contribution in [0.15, 0.2) is 11.8 Å². The molecule has 0 aromatic rings. The van der Waals surface area contributed by atoms with E-state index in [1.54, 1.807) is 6.08 Å². The van der Waals surface area contributed by atoms with E-state index in [2.05, 4.69) is 6.92 Å². The van der Waals surface area contributed by atoms with Crippen molar-refractivity contribution in [2.24, 2.45) is 5.92 Å². The van der Waals surface area contributed by atoms with Crippen LogP contribution in [0.5, 0.6) is 0 Å². The summed E-state index contributed by atoms with van der Waals surface area (Å²) in [6.45, 7) is 2.08. The van der Waals surface area contributed by atoms with E-state index < -0.39 is 0 Å². The molecule has 0 saturated carbocycles. The molecule has 1 aliphatic rings. The Labute approximate surface area is 60.6 Å². The lowest BCUT2D eigenvalue weighted by molar-refractivity contribution is -0.117. The van der Waals surface area contributed by atoms with Crippen molar-refractivity contribution in [2.45, 2.75) is 26.2 Å². The molecule has 1 unspecified atom stereocenters. The molecular weight excluding hydrogens is 128 g/mol. The van der Waals surface area contributed by atoms with Gasteiger partial charge in [-0.05, 0) is 18.4 Å². The standard InChI is InChI=1S/C8H12O2/c1-2-3-6-4-7(9)8(10)5-6/h4,6,9H,2-3,5H2,1H3. The van der Waals surface area contributed by atoms with Gasteiger partial charge in [0.1, 0.15) is 0 Å². The largest absolute Gasteiger partial charge is 0.505 e. The van der Waals surface area contributed by atoms with Crippen LogP contribution in [0.4, 0.5) is 0 Å². The summed E-state index contributed by atoms with van der Waals surface area (Å²) in [5.41, 5.74) is 0. The SMILES string of the molecule is CCCC1C=C(O)C(=O)C1. The topological polar surface area (TPSA) is 37.3 Å². The first-order valence-electron chi connectivity index (χ1n) is 3.68. The predicted molar refractivity (Wildman–Crippen MR) is 38.7 cm³/mol. The lowest BCUT2D eigenvalue weighted by Gasteiger charge is -1.99. The molecule has 0 bridgehead atoms. The van der Waals surface area contributed by atoms with Crippen molar-refractivity contribution in [3.8, 4) is 0 Å². The highest BCUT2D eigenvalue weighted by Gasteiger charge is 2.22. The predicted octanol–water partition coefficient (Wildman–Crippen LogP) is 1.82. The minimum atomic E-state index is -0.0987. The average molecular weight is 140 g/mol. The van der Waals surface area contributed by atoms with E-state index in [9.17, 15) is 4.79 Å². The molecule has 0 amide bonds. The van der Waals surface area contributed by atoms with Crippen LogP contribution in [0, 0.1) is 5.92 Å². The normalized spacial score (nSPS) is 25.1. The van der Waals surface area contributed by atoms with Gasteiger partial charge in [-0.15, -0.1) is 0 Å². The van der Waals surface area contributed by atoms with Gasteiger partial charge >= 0.3 is 0 Å². The third kappa shape index (κ3) is 1.38. The first-order chi connectivity index (χ1) is 4.74. The number of rotatable bonds is 2. The van der Waals surface area contributed by atoms with E-state index in [1.165, 1.54) is 0 Å². The molecule has 1 atom stereocenters. The molecular formula is C8H12O2. The van der Waals surface area contributed by atoms with Crippen molar-refractivity contribution < 1.29 is 9.90 Å². The first-order valence-corrected chi connectivity index (χ1v) is 3.68. The maximum atomic E-state index is 10.7. The van der Waals surface area contributed by atoms with Gasteiger partial charge in [0.2, 0.25) is 0 Å². The Bertz CT molecular complexity index is 170. The fraction of sp³-hybridized carbons (Fsp3) is 0.625. The second-order valence-corrected chi connectivity index (χ2v) is 2.73.